The molecule has 0 aliphatic carbocycles. The number of benzene rings is 3. The highest BCUT2D eigenvalue weighted by molar-refractivity contribution is 6.10. The van der Waals surface area contributed by atoms with Crippen LogP contribution in [-0.2, 0) is 6.42 Å². The van der Waals surface area contributed by atoms with E-state index in [2.05, 4.69) is 27.5 Å². The second-order valence-corrected chi connectivity index (χ2v) is 8.85. The van der Waals surface area contributed by atoms with E-state index in [9.17, 15) is 15.0 Å². The predicted octanol–water partition coefficient (Wildman–Crippen LogP) is 4.21. The molecule has 0 spiro atoms. The van der Waals surface area contributed by atoms with Gasteiger partial charge in [-0.1, -0.05) is 42.5 Å². The lowest BCUT2D eigenvalue weighted by molar-refractivity contribution is 0.0940. The first-order chi connectivity index (χ1) is 17.9. The van der Waals surface area contributed by atoms with Gasteiger partial charge in [-0.3, -0.25) is 4.79 Å². The minimum absolute atomic E-state index is 0.0947. The number of hydrogen-bond acceptors (Lipinski definition) is 7. The van der Waals surface area contributed by atoms with Crippen molar-refractivity contribution in [3.05, 3.63) is 89.5 Å². The highest BCUT2D eigenvalue weighted by Crippen LogP contribution is 2.28. The van der Waals surface area contributed by atoms with Gasteiger partial charge in [-0.05, 0) is 61.2 Å². The monoisotopic (exact) mass is 494 g/mol. The Morgan fingerprint density at radius 3 is 2.46 bits per heavy atom. The van der Waals surface area contributed by atoms with Gasteiger partial charge in [-0.15, -0.1) is 0 Å². The number of phenols is 2. The lowest BCUT2D eigenvalue weighted by atomic mass is 10.1. The third kappa shape index (κ3) is 4.92. The standard InChI is InChI=1S/C28H26N6O3/c1-17(11-12-18-7-3-2-4-8-18)31-28(37)24-25-27(33-21-10-6-5-9-20(21)32-25)34(26(24)29)30-16-19-13-14-22(35)23(36)15-19/h2-10,13-17,35-36H,11-12,29H2,1H3,(H,31,37)/b30-16-/t17-/m1/s1. The van der Waals surface area contributed by atoms with E-state index in [1.54, 1.807) is 6.07 Å². The molecule has 0 radical (unpaired) electrons. The van der Waals surface area contributed by atoms with Gasteiger partial charge < -0.3 is 21.3 Å². The molecule has 5 aromatic rings. The van der Waals surface area contributed by atoms with Crippen molar-refractivity contribution in [2.45, 2.75) is 25.8 Å². The van der Waals surface area contributed by atoms with Crippen LogP contribution in [0.25, 0.3) is 22.2 Å². The van der Waals surface area contributed by atoms with E-state index in [1.165, 1.54) is 28.6 Å². The van der Waals surface area contributed by atoms with Gasteiger partial charge in [0.25, 0.3) is 5.91 Å². The van der Waals surface area contributed by atoms with Crippen LogP contribution in [0, 0.1) is 0 Å². The molecule has 0 unspecified atom stereocenters. The molecule has 5 rings (SSSR count). The fourth-order valence-corrected chi connectivity index (χ4v) is 4.13. The number of fused-ring (bicyclic) bond motifs is 2. The summed E-state index contributed by atoms with van der Waals surface area (Å²) in [6.45, 7) is 1.95. The van der Waals surface area contributed by atoms with E-state index >= 15 is 0 Å². The average molecular weight is 495 g/mol. The van der Waals surface area contributed by atoms with E-state index in [4.69, 9.17) is 10.7 Å². The van der Waals surface area contributed by atoms with Crippen LogP contribution in [0.1, 0.15) is 34.8 Å². The van der Waals surface area contributed by atoms with Gasteiger partial charge in [-0.25, -0.2) is 9.97 Å². The minimum atomic E-state index is -0.358. The second-order valence-electron chi connectivity index (χ2n) is 8.85. The topological polar surface area (TPSA) is 139 Å². The Hall–Kier alpha value is -4.92. The fraction of sp³-hybridized carbons (Fsp3) is 0.143. The number of nitrogen functional groups attached to an aromatic ring is 1. The maximum absolute atomic E-state index is 13.4. The number of rotatable bonds is 7. The maximum atomic E-state index is 13.4. The molecule has 1 atom stereocenters. The number of anilines is 1. The van der Waals surface area contributed by atoms with Crippen LogP contribution in [0.2, 0.25) is 0 Å². The van der Waals surface area contributed by atoms with Crippen molar-refractivity contribution in [2.75, 3.05) is 5.73 Å². The Kier molecular flexibility index (Phi) is 6.42. The van der Waals surface area contributed by atoms with Gasteiger partial charge in [0.1, 0.15) is 16.9 Å². The quantitative estimate of drug-likeness (QED) is 0.197. The van der Waals surface area contributed by atoms with Crippen molar-refractivity contribution >= 4 is 40.1 Å². The van der Waals surface area contributed by atoms with E-state index in [-0.39, 0.29) is 34.8 Å². The average Bonchev–Trinajstić information content (AvgIpc) is 3.17. The number of nitrogens with zero attached hydrogens (tertiary/aromatic N) is 4. The molecule has 0 aliphatic heterocycles. The Morgan fingerprint density at radius 1 is 1.03 bits per heavy atom. The minimum Gasteiger partial charge on any atom is -0.504 e. The first-order valence-electron chi connectivity index (χ1n) is 11.9. The summed E-state index contributed by atoms with van der Waals surface area (Å²) in [6.07, 6.45) is 3.04. The van der Waals surface area contributed by atoms with Gasteiger partial charge in [0.15, 0.2) is 17.1 Å². The molecule has 9 heteroatoms. The molecule has 37 heavy (non-hydrogen) atoms. The van der Waals surface area contributed by atoms with Crippen molar-refractivity contribution in [2.24, 2.45) is 5.10 Å². The lowest BCUT2D eigenvalue weighted by Crippen LogP contribution is -2.33. The lowest BCUT2D eigenvalue weighted by Gasteiger charge is -2.14. The van der Waals surface area contributed by atoms with Crippen molar-refractivity contribution in [1.29, 1.82) is 0 Å². The number of carbonyl (C=O) groups is 1. The van der Waals surface area contributed by atoms with E-state index < -0.39 is 0 Å². The summed E-state index contributed by atoms with van der Waals surface area (Å²) in [5.74, 6) is -0.772. The summed E-state index contributed by atoms with van der Waals surface area (Å²) in [4.78, 5) is 22.8. The number of nitrogens with one attached hydrogen (secondary N) is 1. The van der Waals surface area contributed by atoms with Crippen LogP contribution in [0.4, 0.5) is 5.82 Å². The number of hydrogen-bond donors (Lipinski definition) is 4. The zero-order chi connectivity index (χ0) is 25.9. The van der Waals surface area contributed by atoms with Crippen LogP contribution >= 0.6 is 0 Å². The summed E-state index contributed by atoms with van der Waals surface area (Å²) in [5.41, 5.74) is 10.3. The second kappa shape index (κ2) is 9.98. The molecular weight excluding hydrogens is 468 g/mol. The summed E-state index contributed by atoms with van der Waals surface area (Å²) in [7, 11) is 0. The molecular formula is C28H26N6O3. The Balaban J connectivity index is 1.50. The maximum Gasteiger partial charge on any atom is 0.257 e. The molecule has 2 aromatic heterocycles. The van der Waals surface area contributed by atoms with E-state index in [1.807, 2.05) is 49.4 Å². The molecule has 0 fully saturated rings. The number of phenolic OH excluding ortho intramolecular Hbond substituents is 2. The Labute approximate surface area is 212 Å². The van der Waals surface area contributed by atoms with Crippen LogP contribution in [0.15, 0.2) is 77.9 Å². The first kappa shape index (κ1) is 23.8. The first-order valence-corrected chi connectivity index (χ1v) is 11.9. The molecule has 2 heterocycles. The Morgan fingerprint density at radius 2 is 1.73 bits per heavy atom. The molecule has 0 bridgehead atoms. The summed E-state index contributed by atoms with van der Waals surface area (Å²) >= 11 is 0. The third-order valence-electron chi connectivity index (χ3n) is 6.11. The largest absolute Gasteiger partial charge is 0.504 e. The zero-order valence-corrected chi connectivity index (χ0v) is 20.2. The molecule has 3 aromatic carbocycles. The smallest absolute Gasteiger partial charge is 0.257 e. The molecule has 0 saturated carbocycles. The molecule has 186 valence electrons. The number of para-hydroxylation sites is 2. The van der Waals surface area contributed by atoms with Gasteiger partial charge in [0.2, 0.25) is 0 Å². The fourth-order valence-electron chi connectivity index (χ4n) is 4.13. The van der Waals surface area contributed by atoms with E-state index in [0.717, 1.165) is 12.8 Å². The molecule has 5 N–H and O–H groups in total. The van der Waals surface area contributed by atoms with Crippen LogP contribution in [0.3, 0.4) is 0 Å². The molecule has 0 saturated heterocycles. The third-order valence-corrected chi connectivity index (χ3v) is 6.11. The van der Waals surface area contributed by atoms with Crippen molar-refractivity contribution in [3.63, 3.8) is 0 Å². The number of aromatic nitrogens is 3. The van der Waals surface area contributed by atoms with Crippen LogP contribution in [0.5, 0.6) is 11.5 Å². The zero-order valence-electron chi connectivity index (χ0n) is 20.2. The van der Waals surface area contributed by atoms with Gasteiger partial charge in [-0.2, -0.15) is 9.78 Å². The number of nitrogens with two attached hydrogens (primary N) is 1. The van der Waals surface area contributed by atoms with Crippen molar-refractivity contribution in [3.8, 4) is 11.5 Å². The predicted molar refractivity (Wildman–Crippen MR) is 144 cm³/mol. The Bertz CT molecular complexity index is 1630. The van der Waals surface area contributed by atoms with Gasteiger partial charge >= 0.3 is 0 Å². The number of carbonyl (C=O) groups excluding carboxylic acids is 1. The van der Waals surface area contributed by atoms with Crippen molar-refractivity contribution in [1.82, 2.24) is 20.0 Å². The number of amides is 1. The van der Waals surface area contributed by atoms with Crippen molar-refractivity contribution < 1.29 is 15.0 Å². The summed E-state index contributed by atoms with van der Waals surface area (Å²) < 4.78 is 1.36. The SMILES string of the molecule is C[C@H](CCc1ccccc1)NC(=O)c1c(N)n(/N=C\c2ccc(O)c(O)c2)c2nc3ccccc3nc12. The van der Waals surface area contributed by atoms with E-state index in [0.29, 0.717) is 27.8 Å². The molecule has 9 nitrogen and oxygen atoms in total. The normalized spacial score (nSPS) is 12.4. The van der Waals surface area contributed by atoms with Crippen LogP contribution in [-0.4, -0.2) is 43.0 Å². The molecule has 0 aliphatic rings. The highest BCUT2D eigenvalue weighted by atomic mass is 16.3. The molecule has 1 amide bonds. The van der Waals surface area contributed by atoms with Crippen LogP contribution < -0.4 is 11.1 Å². The van der Waals surface area contributed by atoms with Gasteiger partial charge in [0.05, 0.1) is 17.2 Å². The highest BCUT2D eigenvalue weighted by Gasteiger charge is 2.25. The summed E-state index contributed by atoms with van der Waals surface area (Å²) in [5, 5.41) is 26.8. The summed E-state index contributed by atoms with van der Waals surface area (Å²) in [6, 6.07) is 21.6. The number of aryl methyl sites for hydroxylation is 1. The van der Waals surface area contributed by atoms with Gasteiger partial charge in [0, 0.05) is 6.04 Å². The number of aromatic hydroxyl groups is 2.